The lowest BCUT2D eigenvalue weighted by Gasteiger charge is -2.21. The fourth-order valence-corrected chi connectivity index (χ4v) is 1.63. The summed E-state index contributed by atoms with van der Waals surface area (Å²) < 4.78 is 0. The third kappa shape index (κ3) is 2.70. The quantitative estimate of drug-likeness (QED) is 0.784. The highest BCUT2D eigenvalue weighted by Crippen LogP contribution is 2.26. The molecule has 0 aliphatic carbocycles. The van der Waals surface area contributed by atoms with E-state index in [2.05, 4.69) is 13.0 Å². The van der Waals surface area contributed by atoms with Crippen LogP contribution in [-0.2, 0) is 6.42 Å². The molecule has 1 atom stereocenters. The second kappa shape index (κ2) is 5.14. The first-order valence-corrected chi connectivity index (χ1v) is 5.28. The Morgan fingerprint density at radius 1 is 1.40 bits per heavy atom. The molecule has 0 aromatic heterocycles. The third-order valence-corrected chi connectivity index (χ3v) is 2.56. The lowest BCUT2D eigenvalue weighted by molar-refractivity contribution is 0.187. The zero-order valence-corrected chi connectivity index (χ0v) is 9.70. The molecule has 1 aromatic rings. The summed E-state index contributed by atoms with van der Waals surface area (Å²) >= 11 is 0. The van der Waals surface area contributed by atoms with Gasteiger partial charge in [0.1, 0.15) is 0 Å². The molecular formula is C12H20N2O. The average Bonchev–Trinajstić information content (AvgIpc) is 2.26. The van der Waals surface area contributed by atoms with Gasteiger partial charge in [-0.1, -0.05) is 19.1 Å². The van der Waals surface area contributed by atoms with Crippen LogP contribution in [0.4, 0.5) is 5.69 Å². The van der Waals surface area contributed by atoms with E-state index in [4.69, 9.17) is 5.73 Å². The highest BCUT2D eigenvalue weighted by Gasteiger charge is 2.12. The molecule has 1 unspecified atom stereocenters. The van der Waals surface area contributed by atoms with Crippen LogP contribution >= 0.6 is 0 Å². The minimum Gasteiger partial charge on any atom is -0.387 e. The van der Waals surface area contributed by atoms with Crippen molar-refractivity contribution in [2.75, 3.05) is 25.5 Å². The van der Waals surface area contributed by atoms with Crippen LogP contribution < -0.4 is 10.6 Å². The minimum atomic E-state index is -0.575. The summed E-state index contributed by atoms with van der Waals surface area (Å²) in [4.78, 5) is 1.99. The maximum atomic E-state index is 9.83. The van der Waals surface area contributed by atoms with E-state index < -0.39 is 6.10 Å². The summed E-state index contributed by atoms with van der Waals surface area (Å²) in [7, 11) is 3.93. The van der Waals surface area contributed by atoms with Gasteiger partial charge in [-0.15, -0.1) is 0 Å². The number of aliphatic hydroxyl groups is 1. The van der Waals surface area contributed by atoms with Gasteiger partial charge in [0.15, 0.2) is 0 Å². The van der Waals surface area contributed by atoms with E-state index >= 15 is 0 Å². The Morgan fingerprint density at radius 3 is 2.53 bits per heavy atom. The molecule has 1 rings (SSSR count). The topological polar surface area (TPSA) is 49.5 Å². The predicted molar refractivity (Wildman–Crippen MR) is 64.2 cm³/mol. The van der Waals surface area contributed by atoms with E-state index in [1.165, 1.54) is 5.56 Å². The molecule has 15 heavy (non-hydrogen) atoms. The van der Waals surface area contributed by atoms with Crippen LogP contribution in [-0.4, -0.2) is 25.7 Å². The number of benzene rings is 1. The smallest absolute Gasteiger partial charge is 0.0932 e. The molecule has 0 radical (unpaired) electrons. The molecule has 0 saturated heterocycles. The zero-order chi connectivity index (χ0) is 11.4. The number of aryl methyl sites for hydroxylation is 1. The van der Waals surface area contributed by atoms with Crippen LogP contribution in [0.2, 0.25) is 0 Å². The Labute approximate surface area is 91.5 Å². The molecule has 3 N–H and O–H groups in total. The van der Waals surface area contributed by atoms with Gasteiger partial charge < -0.3 is 15.7 Å². The zero-order valence-electron chi connectivity index (χ0n) is 9.70. The Hall–Kier alpha value is -1.06. The Morgan fingerprint density at radius 2 is 2.07 bits per heavy atom. The van der Waals surface area contributed by atoms with Gasteiger partial charge >= 0.3 is 0 Å². The summed E-state index contributed by atoms with van der Waals surface area (Å²) in [6, 6.07) is 6.15. The monoisotopic (exact) mass is 208 g/mol. The van der Waals surface area contributed by atoms with Crippen molar-refractivity contribution in [3.63, 3.8) is 0 Å². The van der Waals surface area contributed by atoms with E-state index in [1.807, 2.05) is 31.1 Å². The lowest BCUT2D eigenvalue weighted by atomic mass is 10.0. The van der Waals surface area contributed by atoms with Gasteiger partial charge in [-0.2, -0.15) is 0 Å². The van der Waals surface area contributed by atoms with E-state index in [9.17, 15) is 5.11 Å². The Bertz CT molecular complexity index is 323. The van der Waals surface area contributed by atoms with Crippen LogP contribution in [0.3, 0.4) is 0 Å². The number of rotatable bonds is 4. The second-order valence-electron chi connectivity index (χ2n) is 3.89. The predicted octanol–water partition coefficient (Wildman–Crippen LogP) is 1.31. The van der Waals surface area contributed by atoms with E-state index in [-0.39, 0.29) is 6.54 Å². The van der Waals surface area contributed by atoms with Gasteiger partial charge in [0.25, 0.3) is 0 Å². The van der Waals surface area contributed by atoms with Crippen molar-refractivity contribution in [1.82, 2.24) is 0 Å². The SMILES string of the molecule is CCc1ccc(N(C)C)c(C(O)CN)c1. The summed E-state index contributed by atoms with van der Waals surface area (Å²) in [5.74, 6) is 0. The molecule has 0 spiro atoms. The van der Waals surface area contributed by atoms with Gasteiger partial charge in [0.05, 0.1) is 6.10 Å². The first-order valence-electron chi connectivity index (χ1n) is 5.28. The van der Waals surface area contributed by atoms with Gasteiger partial charge in [0.2, 0.25) is 0 Å². The first-order chi connectivity index (χ1) is 7.10. The number of hydrogen-bond donors (Lipinski definition) is 2. The van der Waals surface area contributed by atoms with Gasteiger partial charge in [0, 0.05) is 31.9 Å². The van der Waals surface area contributed by atoms with Crippen molar-refractivity contribution in [3.05, 3.63) is 29.3 Å². The highest BCUT2D eigenvalue weighted by atomic mass is 16.3. The molecule has 0 amide bonds. The molecule has 0 saturated carbocycles. The largest absolute Gasteiger partial charge is 0.387 e. The number of nitrogens with two attached hydrogens (primary N) is 1. The van der Waals surface area contributed by atoms with Crippen molar-refractivity contribution in [1.29, 1.82) is 0 Å². The molecule has 0 aliphatic rings. The number of nitrogens with zero attached hydrogens (tertiary/aromatic N) is 1. The van der Waals surface area contributed by atoms with E-state index in [0.717, 1.165) is 17.7 Å². The summed E-state index contributed by atoms with van der Waals surface area (Å²) in [5, 5.41) is 9.83. The van der Waals surface area contributed by atoms with Crippen LogP contribution in [0, 0.1) is 0 Å². The molecule has 3 heteroatoms. The molecule has 0 bridgehead atoms. The fourth-order valence-electron chi connectivity index (χ4n) is 1.63. The second-order valence-corrected chi connectivity index (χ2v) is 3.89. The van der Waals surface area contributed by atoms with Crippen LogP contribution in [0.5, 0.6) is 0 Å². The standard InChI is InChI=1S/C12H20N2O/c1-4-9-5-6-11(14(2)3)10(7-9)12(15)8-13/h5-7,12,15H,4,8,13H2,1-3H3. The van der Waals surface area contributed by atoms with Crippen LogP contribution in [0.1, 0.15) is 24.2 Å². The van der Waals surface area contributed by atoms with Crippen molar-refractivity contribution in [3.8, 4) is 0 Å². The summed E-state index contributed by atoms with van der Waals surface area (Å²) in [6.45, 7) is 2.36. The third-order valence-electron chi connectivity index (χ3n) is 2.56. The summed E-state index contributed by atoms with van der Waals surface area (Å²) in [5.41, 5.74) is 8.67. The Kier molecular flexibility index (Phi) is 4.12. The number of anilines is 1. The van der Waals surface area contributed by atoms with Gasteiger partial charge in [-0.05, 0) is 18.1 Å². The average molecular weight is 208 g/mol. The molecule has 0 fully saturated rings. The molecular weight excluding hydrogens is 188 g/mol. The maximum Gasteiger partial charge on any atom is 0.0932 e. The molecule has 1 aromatic carbocycles. The van der Waals surface area contributed by atoms with E-state index in [1.54, 1.807) is 0 Å². The molecule has 84 valence electrons. The highest BCUT2D eigenvalue weighted by molar-refractivity contribution is 5.55. The van der Waals surface area contributed by atoms with Crippen molar-refractivity contribution in [2.45, 2.75) is 19.4 Å². The summed E-state index contributed by atoms with van der Waals surface area (Å²) in [6.07, 6.45) is 0.395. The van der Waals surface area contributed by atoms with Crippen molar-refractivity contribution in [2.24, 2.45) is 5.73 Å². The Balaban J connectivity index is 3.16. The van der Waals surface area contributed by atoms with E-state index in [0.29, 0.717) is 0 Å². The lowest BCUT2D eigenvalue weighted by Crippen LogP contribution is -2.17. The minimum absolute atomic E-state index is 0.258. The molecule has 0 heterocycles. The van der Waals surface area contributed by atoms with Crippen molar-refractivity contribution < 1.29 is 5.11 Å². The maximum absolute atomic E-state index is 9.83. The normalized spacial score (nSPS) is 12.6. The van der Waals surface area contributed by atoms with Crippen LogP contribution in [0.15, 0.2) is 18.2 Å². The van der Waals surface area contributed by atoms with Gasteiger partial charge in [-0.25, -0.2) is 0 Å². The van der Waals surface area contributed by atoms with Gasteiger partial charge in [-0.3, -0.25) is 0 Å². The molecule has 3 nitrogen and oxygen atoms in total. The fraction of sp³-hybridized carbons (Fsp3) is 0.500. The number of hydrogen-bond acceptors (Lipinski definition) is 3. The first kappa shape index (κ1) is 12.0. The number of aliphatic hydroxyl groups excluding tert-OH is 1. The van der Waals surface area contributed by atoms with Crippen molar-refractivity contribution >= 4 is 5.69 Å². The van der Waals surface area contributed by atoms with Crippen LogP contribution in [0.25, 0.3) is 0 Å². The molecule has 0 aliphatic heterocycles.